The number of aromatic nitrogens is 1. The average molecular weight is 503 g/mol. The van der Waals surface area contributed by atoms with Crippen LogP contribution in [-0.4, -0.2) is 58.6 Å². The highest BCUT2D eigenvalue weighted by atomic mass is 16.5. The molecule has 0 spiro atoms. The number of nitrogens with one attached hydrogen (secondary N) is 1. The minimum atomic E-state index is -0.990. The number of benzene rings is 2. The highest BCUT2D eigenvalue weighted by Crippen LogP contribution is 2.24. The molecule has 1 aliphatic rings. The van der Waals surface area contributed by atoms with Crippen LogP contribution in [0.5, 0.6) is 0 Å². The van der Waals surface area contributed by atoms with Gasteiger partial charge in [0.05, 0.1) is 30.5 Å². The van der Waals surface area contributed by atoms with E-state index in [1.807, 2.05) is 32.0 Å². The maximum atomic E-state index is 13.2. The third-order valence-electron chi connectivity index (χ3n) is 6.56. The van der Waals surface area contributed by atoms with Crippen LogP contribution in [0.3, 0.4) is 0 Å². The molecule has 1 fully saturated rings. The molecule has 3 aromatic rings. The van der Waals surface area contributed by atoms with Crippen LogP contribution in [0, 0.1) is 6.92 Å². The number of hydrogen-bond donors (Lipinski definition) is 3. The number of nitrogens with zero attached hydrogens (tertiary/aromatic N) is 2. The molecule has 2 atom stereocenters. The standard InChI is InChI=1S/C28H30N4O5/c1-17-13-22(26(29)33)7-8-23(17)24-14-19(9-10-30-24)15-32-11-12-37-16-25(32)27(34)31-18(2)20-3-5-21(6-4-20)28(35)36/h3-10,13-14,18,25H,11-12,15-16H2,1-2H3,(H2,29,33)(H,31,34)(H,35,36)/t18-,25+/m0/s1. The Morgan fingerprint density at radius 2 is 1.86 bits per heavy atom. The molecular weight excluding hydrogens is 472 g/mol. The van der Waals surface area contributed by atoms with Crippen LogP contribution in [0.1, 0.15) is 50.4 Å². The number of carboxylic acid groups (broad SMARTS) is 1. The number of primary amides is 1. The van der Waals surface area contributed by atoms with Crippen molar-refractivity contribution in [1.82, 2.24) is 15.2 Å². The van der Waals surface area contributed by atoms with Gasteiger partial charge < -0.3 is 20.9 Å². The van der Waals surface area contributed by atoms with Crippen molar-refractivity contribution in [3.05, 3.63) is 88.6 Å². The Hall–Kier alpha value is -4.08. The molecule has 2 amide bonds. The van der Waals surface area contributed by atoms with E-state index >= 15 is 0 Å². The first kappa shape index (κ1) is 26.0. The van der Waals surface area contributed by atoms with Gasteiger partial charge in [-0.3, -0.25) is 19.5 Å². The highest BCUT2D eigenvalue weighted by molar-refractivity contribution is 5.93. The minimum Gasteiger partial charge on any atom is -0.478 e. The summed E-state index contributed by atoms with van der Waals surface area (Å²) < 4.78 is 5.62. The van der Waals surface area contributed by atoms with E-state index in [0.717, 1.165) is 27.9 Å². The molecular formula is C28H30N4O5. The lowest BCUT2D eigenvalue weighted by atomic mass is 10.0. The van der Waals surface area contributed by atoms with Crippen molar-refractivity contribution in [1.29, 1.82) is 0 Å². The molecule has 1 saturated heterocycles. The molecule has 0 radical (unpaired) electrons. The molecule has 9 heteroatoms. The molecule has 4 rings (SSSR count). The molecule has 2 heterocycles. The average Bonchev–Trinajstić information content (AvgIpc) is 2.89. The summed E-state index contributed by atoms with van der Waals surface area (Å²) >= 11 is 0. The Balaban J connectivity index is 1.46. The number of amides is 2. The zero-order valence-electron chi connectivity index (χ0n) is 20.8. The van der Waals surface area contributed by atoms with Crippen molar-refractivity contribution in [2.75, 3.05) is 19.8 Å². The number of pyridine rings is 1. The topological polar surface area (TPSA) is 135 Å². The van der Waals surface area contributed by atoms with Crippen LogP contribution in [0.25, 0.3) is 11.3 Å². The Morgan fingerprint density at radius 3 is 2.54 bits per heavy atom. The molecule has 9 nitrogen and oxygen atoms in total. The van der Waals surface area contributed by atoms with Crippen LogP contribution >= 0.6 is 0 Å². The fourth-order valence-electron chi connectivity index (χ4n) is 4.43. The van der Waals surface area contributed by atoms with Gasteiger partial charge in [0.25, 0.3) is 0 Å². The largest absolute Gasteiger partial charge is 0.478 e. The van der Waals surface area contributed by atoms with Gasteiger partial charge in [-0.1, -0.05) is 18.2 Å². The Bertz CT molecular complexity index is 1310. The number of carbonyl (C=O) groups excluding carboxylic acids is 2. The Kier molecular flexibility index (Phi) is 7.95. The first-order valence-corrected chi connectivity index (χ1v) is 12.0. The van der Waals surface area contributed by atoms with Gasteiger partial charge in [0, 0.05) is 30.4 Å². The fraction of sp³-hybridized carbons (Fsp3) is 0.286. The normalized spacial score (nSPS) is 16.6. The summed E-state index contributed by atoms with van der Waals surface area (Å²) in [5, 5.41) is 12.1. The second-order valence-corrected chi connectivity index (χ2v) is 9.16. The van der Waals surface area contributed by atoms with Gasteiger partial charge >= 0.3 is 5.97 Å². The lowest BCUT2D eigenvalue weighted by Crippen LogP contribution is -2.53. The first-order valence-electron chi connectivity index (χ1n) is 12.0. The maximum Gasteiger partial charge on any atom is 0.335 e. The van der Waals surface area contributed by atoms with E-state index in [1.165, 1.54) is 12.1 Å². The van der Waals surface area contributed by atoms with Gasteiger partial charge in [0.1, 0.15) is 6.04 Å². The van der Waals surface area contributed by atoms with Gasteiger partial charge in [-0.2, -0.15) is 0 Å². The molecule has 4 N–H and O–H groups in total. The van der Waals surface area contributed by atoms with Crippen LogP contribution in [0.2, 0.25) is 0 Å². The zero-order valence-corrected chi connectivity index (χ0v) is 20.8. The van der Waals surface area contributed by atoms with E-state index in [2.05, 4.69) is 15.2 Å². The molecule has 0 unspecified atom stereocenters. The molecule has 2 aromatic carbocycles. The van der Waals surface area contributed by atoms with Gasteiger partial charge in [-0.25, -0.2) is 4.79 Å². The molecule has 0 aliphatic carbocycles. The van der Waals surface area contributed by atoms with Crippen LogP contribution in [-0.2, 0) is 16.1 Å². The number of rotatable bonds is 8. The third-order valence-corrected chi connectivity index (χ3v) is 6.56. The Morgan fingerprint density at radius 1 is 1.14 bits per heavy atom. The van der Waals surface area contributed by atoms with Crippen LogP contribution in [0.15, 0.2) is 60.8 Å². The number of morpholine rings is 1. The summed E-state index contributed by atoms with van der Waals surface area (Å²) in [5.41, 5.74) is 10.4. The summed E-state index contributed by atoms with van der Waals surface area (Å²) in [5.74, 6) is -1.61. The van der Waals surface area contributed by atoms with Crippen molar-refractivity contribution in [3.8, 4) is 11.3 Å². The number of nitrogens with two attached hydrogens (primary N) is 1. The number of carboxylic acids is 1. The summed E-state index contributed by atoms with van der Waals surface area (Å²) in [6, 6.07) is 14.9. The van der Waals surface area contributed by atoms with E-state index in [9.17, 15) is 14.4 Å². The van der Waals surface area contributed by atoms with E-state index in [1.54, 1.807) is 30.5 Å². The van der Waals surface area contributed by atoms with E-state index in [-0.39, 0.29) is 24.1 Å². The lowest BCUT2D eigenvalue weighted by Gasteiger charge is -2.35. The highest BCUT2D eigenvalue weighted by Gasteiger charge is 2.30. The van der Waals surface area contributed by atoms with Crippen molar-refractivity contribution in [2.24, 2.45) is 5.73 Å². The number of hydrogen-bond acceptors (Lipinski definition) is 6. The molecule has 0 bridgehead atoms. The summed E-state index contributed by atoms with van der Waals surface area (Å²) in [6.45, 7) is 5.72. The van der Waals surface area contributed by atoms with Crippen LogP contribution in [0.4, 0.5) is 0 Å². The van der Waals surface area contributed by atoms with Crippen molar-refractivity contribution >= 4 is 17.8 Å². The smallest absolute Gasteiger partial charge is 0.335 e. The molecule has 0 saturated carbocycles. The second kappa shape index (κ2) is 11.3. The van der Waals surface area contributed by atoms with E-state index in [0.29, 0.717) is 25.3 Å². The molecule has 1 aliphatic heterocycles. The van der Waals surface area contributed by atoms with Crippen molar-refractivity contribution < 1.29 is 24.2 Å². The third kappa shape index (κ3) is 6.19. The summed E-state index contributed by atoms with van der Waals surface area (Å²) in [7, 11) is 0. The fourth-order valence-corrected chi connectivity index (χ4v) is 4.43. The minimum absolute atomic E-state index is 0.151. The van der Waals surface area contributed by atoms with Crippen LogP contribution < -0.4 is 11.1 Å². The van der Waals surface area contributed by atoms with Gasteiger partial charge in [-0.15, -0.1) is 0 Å². The SMILES string of the molecule is Cc1cc(C(N)=O)ccc1-c1cc(CN2CCOC[C@@H]2C(=O)N[C@@H](C)c2ccc(C(=O)O)cc2)ccn1. The molecule has 192 valence electrons. The van der Waals surface area contributed by atoms with Gasteiger partial charge in [-0.05, 0) is 66.9 Å². The molecule has 1 aromatic heterocycles. The van der Waals surface area contributed by atoms with Crippen molar-refractivity contribution in [2.45, 2.75) is 32.5 Å². The summed E-state index contributed by atoms with van der Waals surface area (Å²) in [6.07, 6.45) is 1.74. The number of aryl methyl sites for hydroxylation is 1. The monoisotopic (exact) mass is 502 g/mol. The summed E-state index contributed by atoms with van der Waals surface area (Å²) in [4.78, 5) is 42.4. The number of ether oxygens (including phenoxy) is 1. The lowest BCUT2D eigenvalue weighted by molar-refractivity contribution is -0.133. The van der Waals surface area contributed by atoms with Gasteiger partial charge in [0.2, 0.25) is 11.8 Å². The number of aromatic carboxylic acids is 1. The first-order chi connectivity index (χ1) is 17.7. The van der Waals surface area contributed by atoms with Gasteiger partial charge in [0.15, 0.2) is 0 Å². The zero-order chi connectivity index (χ0) is 26.5. The second-order valence-electron chi connectivity index (χ2n) is 9.16. The van der Waals surface area contributed by atoms with E-state index < -0.39 is 17.9 Å². The van der Waals surface area contributed by atoms with E-state index in [4.69, 9.17) is 15.6 Å². The van der Waals surface area contributed by atoms with Crippen molar-refractivity contribution in [3.63, 3.8) is 0 Å². The predicted octanol–water partition coefficient (Wildman–Crippen LogP) is 2.93. The number of carbonyl (C=O) groups is 3. The Labute approximate surface area is 215 Å². The maximum absolute atomic E-state index is 13.2. The quantitative estimate of drug-likeness (QED) is 0.431. The predicted molar refractivity (Wildman–Crippen MR) is 138 cm³/mol. The molecule has 37 heavy (non-hydrogen) atoms.